The summed E-state index contributed by atoms with van der Waals surface area (Å²) in [4.78, 5) is 12.9. The first kappa shape index (κ1) is 15.6. The molecule has 2 aromatic rings. The minimum absolute atomic E-state index is 0.0463. The van der Waals surface area contributed by atoms with E-state index in [1.807, 2.05) is 58.0 Å². The molecule has 0 bridgehead atoms. The molecule has 108 valence electrons. The van der Waals surface area contributed by atoms with Gasteiger partial charge < -0.3 is 0 Å². The fraction of sp³-hybridized carbons (Fsp3) is 0.278. The van der Waals surface area contributed by atoms with Gasteiger partial charge in [-0.3, -0.25) is 9.36 Å². The van der Waals surface area contributed by atoms with E-state index in [0.29, 0.717) is 5.30 Å². The number of benzene rings is 2. The van der Waals surface area contributed by atoms with E-state index in [2.05, 4.69) is 0 Å². The van der Waals surface area contributed by atoms with E-state index >= 15 is 0 Å². The van der Waals surface area contributed by atoms with Gasteiger partial charge in [-0.1, -0.05) is 42.8 Å². The van der Waals surface area contributed by atoms with Crippen LogP contribution in [0.3, 0.4) is 0 Å². The van der Waals surface area contributed by atoms with Crippen molar-refractivity contribution in [3.8, 4) is 0 Å². The van der Waals surface area contributed by atoms with Crippen LogP contribution in [-0.4, -0.2) is 5.78 Å². The molecule has 1 unspecified atom stereocenters. The molecule has 0 N–H and O–H groups in total. The van der Waals surface area contributed by atoms with Crippen LogP contribution < -0.4 is 5.30 Å². The number of carbonyl (C=O) groups is 1. The van der Waals surface area contributed by atoms with Crippen molar-refractivity contribution in [2.75, 3.05) is 0 Å². The molecule has 0 spiro atoms. The van der Waals surface area contributed by atoms with Gasteiger partial charge in [-0.25, -0.2) is 0 Å². The van der Waals surface area contributed by atoms with Crippen molar-refractivity contribution in [1.29, 1.82) is 0 Å². The first-order chi connectivity index (χ1) is 9.95. The van der Waals surface area contributed by atoms with Crippen LogP contribution in [0.25, 0.3) is 0 Å². The Labute approximate surface area is 127 Å². The summed E-state index contributed by atoms with van der Waals surface area (Å²) >= 11 is 0. The molecule has 2 nitrogen and oxygen atoms in total. The topological polar surface area (TPSA) is 34.1 Å². The van der Waals surface area contributed by atoms with Gasteiger partial charge in [0.05, 0.1) is 0 Å². The van der Waals surface area contributed by atoms with E-state index in [-0.39, 0.29) is 20.2 Å². The van der Waals surface area contributed by atoms with Gasteiger partial charge in [0.15, 0.2) is 14.2 Å². The molecule has 3 heteroatoms. The first-order valence-corrected chi connectivity index (χ1v) is 7.81. The number of aryl methyl sites for hydroxylation is 3. The lowest BCUT2D eigenvalue weighted by Gasteiger charge is -2.16. The Morgan fingerprint density at radius 3 is 2.19 bits per heavy atom. The van der Waals surface area contributed by atoms with Gasteiger partial charge >= 0.3 is 0 Å². The van der Waals surface area contributed by atoms with Gasteiger partial charge in [0.2, 0.25) is 0 Å². The van der Waals surface area contributed by atoms with E-state index in [1.54, 1.807) is 6.07 Å². The SMILES string of the molecule is Cc1cc(C)c(C(=O)C(C)c2ccccc2P=O)c(C)c1. The Kier molecular flexibility index (Phi) is 4.69. The fourth-order valence-electron chi connectivity index (χ4n) is 2.86. The Balaban J connectivity index is 2.47. The van der Waals surface area contributed by atoms with E-state index in [9.17, 15) is 9.36 Å². The average molecular weight is 298 g/mol. The highest BCUT2D eigenvalue weighted by atomic mass is 31.1. The van der Waals surface area contributed by atoms with Crippen LogP contribution in [-0.2, 0) is 4.57 Å². The third-order valence-electron chi connectivity index (χ3n) is 3.82. The molecule has 0 fully saturated rings. The molecular weight excluding hydrogens is 279 g/mol. The molecule has 2 rings (SSSR count). The summed E-state index contributed by atoms with van der Waals surface area (Å²) in [6.45, 7) is 7.85. The zero-order valence-corrected chi connectivity index (χ0v) is 13.7. The zero-order chi connectivity index (χ0) is 15.6. The third kappa shape index (κ3) is 3.11. The lowest BCUT2D eigenvalue weighted by Crippen LogP contribution is -2.17. The highest BCUT2D eigenvalue weighted by molar-refractivity contribution is 7.34. The summed E-state index contributed by atoms with van der Waals surface area (Å²) in [6, 6.07) is 11.4. The van der Waals surface area contributed by atoms with Crippen LogP contribution in [0.1, 0.15) is 45.5 Å². The fourth-order valence-corrected chi connectivity index (χ4v) is 3.38. The largest absolute Gasteiger partial charge is 0.293 e. The maximum atomic E-state index is 12.9. The van der Waals surface area contributed by atoms with Crippen molar-refractivity contribution in [2.24, 2.45) is 0 Å². The Morgan fingerprint density at radius 2 is 1.62 bits per heavy atom. The summed E-state index contributed by atoms with van der Waals surface area (Å²) in [6.07, 6.45) is 0. The predicted molar refractivity (Wildman–Crippen MR) is 87.1 cm³/mol. The number of Topliss-reactive ketones (excluding diaryl/α,β-unsaturated/α-hetero) is 1. The predicted octanol–water partition coefficient (Wildman–Crippen LogP) is 4.52. The average Bonchev–Trinajstić information content (AvgIpc) is 2.45. The normalized spacial score (nSPS) is 12.4. The molecule has 0 aliphatic rings. The monoisotopic (exact) mass is 298 g/mol. The van der Waals surface area contributed by atoms with E-state index in [4.69, 9.17) is 0 Å². The van der Waals surface area contributed by atoms with Gasteiger partial charge in [0.25, 0.3) is 0 Å². The molecule has 0 amide bonds. The molecule has 0 saturated heterocycles. The lowest BCUT2D eigenvalue weighted by molar-refractivity contribution is 0.0965. The van der Waals surface area contributed by atoms with Crippen molar-refractivity contribution in [1.82, 2.24) is 0 Å². The summed E-state index contributed by atoms with van der Waals surface area (Å²) in [7, 11) is -0.0463. The summed E-state index contributed by atoms with van der Waals surface area (Å²) in [5.74, 6) is -0.219. The summed E-state index contributed by atoms with van der Waals surface area (Å²) in [5.41, 5.74) is 4.78. The molecule has 1 atom stereocenters. The van der Waals surface area contributed by atoms with Crippen molar-refractivity contribution < 1.29 is 9.36 Å². The molecule has 0 aromatic heterocycles. The van der Waals surface area contributed by atoms with Gasteiger partial charge in [-0.15, -0.1) is 0 Å². The standard InChI is InChI=1S/C18H19O2P/c1-11-9-12(2)17(13(3)10-11)18(19)14(4)15-7-5-6-8-16(15)21-20/h5-10,14H,1-4H3. The summed E-state index contributed by atoms with van der Waals surface area (Å²) < 4.78 is 11.3. The molecule has 0 saturated carbocycles. The molecule has 0 aliphatic heterocycles. The Hall–Kier alpha value is -1.79. The first-order valence-electron chi connectivity index (χ1n) is 7.00. The second-order valence-electron chi connectivity index (χ2n) is 5.51. The minimum atomic E-state index is -0.303. The molecule has 0 aliphatic carbocycles. The zero-order valence-electron chi connectivity index (χ0n) is 12.8. The molecule has 21 heavy (non-hydrogen) atoms. The van der Waals surface area contributed by atoms with Gasteiger partial charge in [0, 0.05) is 16.8 Å². The second kappa shape index (κ2) is 6.32. The van der Waals surface area contributed by atoms with Crippen molar-refractivity contribution in [3.63, 3.8) is 0 Å². The third-order valence-corrected chi connectivity index (χ3v) is 4.42. The van der Waals surface area contributed by atoms with E-state index < -0.39 is 0 Å². The van der Waals surface area contributed by atoms with Crippen LogP contribution in [0.2, 0.25) is 0 Å². The van der Waals surface area contributed by atoms with Crippen LogP contribution in [0.5, 0.6) is 0 Å². The van der Waals surface area contributed by atoms with Crippen molar-refractivity contribution in [2.45, 2.75) is 33.6 Å². The molecular formula is C18H19O2P. The van der Waals surface area contributed by atoms with E-state index in [1.165, 1.54) is 0 Å². The Bertz CT molecular complexity index is 681. The maximum Gasteiger partial charge on any atom is 0.192 e. The van der Waals surface area contributed by atoms with Gasteiger partial charge in [0.1, 0.15) is 0 Å². The number of hydrogen-bond acceptors (Lipinski definition) is 2. The minimum Gasteiger partial charge on any atom is -0.293 e. The number of hydrogen-bond donors (Lipinski definition) is 0. The van der Waals surface area contributed by atoms with E-state index in [0.717, 1.165) is 27.8 Å². The molecule has 2 aromatic carbocycles. The maximum absolute atomic E-state index is 12.9. The lowest BCUT2D eigenvalue weighted by atomic mass is 9.87. The second-order valence-corrected chi connectivity index (χ2v) is 6.17. The van der Waals surface area contributed by atoms with Crippen LogP contribution in [0.15, 0.2) is 36.4 Å². The highest BCUT2D eigenvalue weighted by Gasteiger charge is 2.22. The van der Waals surface area contributed by atoms with Crippen LogP contribution in [0.4, 0.5) is 0 Å². The van der Waals surface area contributed by atoms with Crippen molar-refractivity contribution in [3.05, 3.63) is 64.2 Å². The van der Waals surface area contributed by atoms with Gasteiger partial charge in [-0.05, 0) is 43.5 Å². The summed E-state index contributed by atoms with van der Waals surface area (Å²) in [5, 5.41) is 0.681. The Morgan fingerprint density at radius 1 is 1.05 bits per heavy atom. The van der Waals surface area contributed by atoms with Crippen molar-refractivity contribution >= 4 is 19.5 Å². The van der Waals surface area contributed by atoms with Crippen LogP contribution in [0, 0.1) is 20.8 Å². The van der Waals surface area contributed by atoms with Crippen LogP contribution >= 0.6 is 8.46 Å². The number of rotatable bonds is 4. The number of carbonyl (C=O) groups excluding carboxylic acids is 1. The van der Waals surface area contributed by atoms with Gasteiger partial charge in [-0.2, -0.15) is 0 Å². The molecule has 0 radical (unpaired) electrons. The molecule has 0 heterocycles. The highest BCUT2D eigenvalue weighted by Crippen LogP contribution is 2.25. The smallest absolute Gasteiger partial charge is 0.192 e. The number of ketones is 1. The quantitative estimate of drug-likeness (QED) is 0.614.